The van der Waals surface area contributed by atoms with E-state index in [-0.39, 0.29) is 12.0 Å². The number of aryl methyl sites for hydroxylation is 1. The monoisotopic (exact) mass is 318 g/mol. The Balaban J connectivity index is 1.52. The first-order valence-corrected chi connectivity index (χ1v) is 8.47. The second kappa shape index (κ2) is 5.48. The highest BCUT2D eigenvalue weighted by Gasteiger charge is 2.33. The molecule has 0 radical (unpaired) electrons. The molecule has 1 aliphatic heterocycles. The number of nitrogens with one attached hydrogen (secondary N) is 1. The Labute approximate surface area is 132 Å². The van der Waals surface area contributed by atoms with Gasteiger partial charge in [0.2, 0.25) is 0 Å². The van der Waals surface area contributed by atoms with Crippen LogP contribution in [0, 0.1) is 6.92 Å². The lowest BCUT2D eigenvalue weighted by molar-refractivity contribution is -0.0265. The number of aromatic nitrogens is 3. The van der Waals surface area contributed by atoms with Crippen molar-refractivity contribution in [3.63, 3.8) is 0 Å². The van der Waals surface area contributed by atoms with E-state index in [1.807, 2.05) is 17.2 Å². The smallest absolute Gasteiger partial charge is 0.264 e. The van der Waals surface area contributed by atoms with Gasteiger partial charge < -0.3 is 9.64 Å². The first-order chi connectivity index (χ1) is 10.7. The molecule has 6 nitrogen and oxygen atoms in total. The second-order valence-corrected chi connectivity index (χ2v) is 6.79. The molecule has 2 aromatic heterocycles. The zero-order valence-electron chi connectivity index (χ0n) is 12.4. The fourth-order valence-electron chi connectivity index (χ4n) is 2.85. The van der Waals surface area contributed by atoms with E-state index in [4.69, 9.17) is 4.74 Å². The first-order valence-electron chi connectivity index (χ1n) is 7.59. The van der Waals surface area contributed by atoms with Gasteiger partial charge in [0, 0.05) is 6.54 Å². The van der Waals surface area contributed by atoms with Gasteiger partial charge in [-0.15, -0.1) is 11.3 Å². The third kappa shape index (κ3) is 2.55. The molecule has 7 heteroatoms. The maximum Gasteiger partial charge on any atom is 0.264 e. The van der Waals surface area contributed by atoms with Crippen LogP contribution in [0.3, 0.4) is 0 Å². The average Bonchev–Trinajstić information content (AvgIpc) is 3.10. The quantitative estimate of drug-likeness (QED) is 0.942. The van der Waals surface area contributed by atoms with E-state index in [0.29, 0.717) is 31.4 Å². The van der Waals surface area contributed by atoms with Gasteiger partial charge in [-0.2, -0.15) is 5.10 Å². The Hall–Kier alpha value is -1.73. The van der Waals surface area contributed by atoms with Crippen molar-refractivity contribution in [3.05, 3.63) is 33.5 Å². The van der Waals surface area contributed by atoms with Crippen molar-refractivity contribution >= 4 is 17.2 Å². The topological polar surface area (TPSA) is 71.1 Å². The maximum atomic E-state index is 12.8. The lowest BCUT2D eigenvalue weighted by Gasteiger charge is -2.31. The van der Waals surface area contributed by atoms with Gasteiger partial charge in [0.1, 0.15) is 11.9 Å². The zero-order valence-corrected chi connectivity index (χ0v) is 13.2. The lowest BCUT2D eigenvalue weighted by Crippen LogP contribution is -2.42. The average molecular weight is 318 g/mol. The number of thiophene rings is 1. The zero-order chi connectivity index (χ0) is 15.1. The summed E-state index contributed by atoms with van der Waals surface area (Å²) in [4.78, 5) is 19.9. The summed E-state index contributed by atoms with van der Waals surface area (Å²) in [5, 5.41) is 9.01. The Morgan fingerprint density at radius 2 is 2.36 bits per heavy atom. The normalized spacial score (nSPS) is 22.0. The van der Waals surface area contributed by atoms with E-state index < -0.39 is 0 Å². The summed E-state index contributed by atoms with van der Waals surface area (Å²) in [6.45, 7) is 3.52. The van der Waals surface area contributed by atoms with Crippen molar-refractivity contribution in [1.82, 2.24) is 20.1 Å². The Kier molecular flexibility index (Phi) is 3.46. The molecule has 0 spiro atoms. The minimum atomic E-state index is -0.244. The number of rotatable bonds is 3. The molecule has 0 unspecified atom stereocenters. The van der Waals surface area contributed by atoms with Crippen molar-refractivity contribution in [3.8, 4) is 0 Å². The minimum Gasteiger partial charge on any atom is -0.366 e. The van der Waals surface area contributed by atoms with Gasteiger partial charge in [0.05, 0.1) is 18.0 Å². The van der Waals surface area contributed by atoms with Crippen LogP contribution in [0.25, 0.3) is 0 Å². The van der Waals surface area contributed by atoms with Crippen LogP contribution in [0.4, 0.5) is 0 Å². The van der Waals surface area contributed by atoms with E-state index in [2.05, 4.69) is 21.2 Å². The van der Waals surface area contributed by atoms with E-state index in [0.717, 1.165) is 10.7 Å². The highest BCUT2D eigenvalue weighted by molar-refractivity contribution is 7.12. The number of amides is 1. The summed E-state index contributed by atoms with van der Waals surface area (Å²) >= 11 is 1.55. The molecule has 2 fully saturated rings. The largest absolute Gasteiger partial charge is 0.366 e. The molecule has 2 aromatic rings. The number of carbonyl (C=O) groups is 1. The summed E-state index contributed by atoms with van der Waals surface area (Å²) in [6, 6.07) is 2.10. The Bertz CT molecular complexity index is 691. The van der Waals surface area contributed by atoms with Crippen molar-refractivity contribution in [2.75, 3.05) is 19.7 Å². The molecule has 2 aliphatic rings. The van der Waals surface area contributed by atoms with Crippen LogP contribution in [0.15, 0.2) is 11.4 Å². The summed E-state index contributed by atoms with van der Waals surface area (Å²) in [5.74, 6) is 2.11. The standard InChI is InChI=1S/C15H18N4O2S/c1-9-16-14(18-17-9)12-8-19(5-6-21-12)15(20)13-11(4-7-22-13)10-2-3-10/h4,7,10,12H,2-3,5-6,8H2,1H3,(H,16,17,18)/t12-/m1/s1. The molecule has 4 rings (SSSR count). The van der Waals surface area contributed by atoms with Gasteiger partial charge in [0.15, 0.2) is 5.82 Å². The molecule has 22 heavy (non-hydrogen) atoms. The third-order valence-electron chi connectivity index (χ3n) is 4.16. The van der Waals surface area contributed by atoms with Crippen LogP contribution in [-0.4, -0.2) is 45.7 Å². The fraction of sp³-hybridized carbons (Fsp3) is 0.533. The Morgan fingerprint density at radius 1 is 1.50 bits per heavy atom. The second-order valence-electron chi connectivity index (χ2n) is 5.87. The number of carbonyl (C=O) groups excluding carboxylic acids is 1. The van der Waals surface area contributed by atoms with E-state index in [1.165, 1.54) is 18.4 Å². The van der Waals surface area contributed by atoms with Crippen LogP contribution in [-0.2, 0) is 4.74 Å². The summed E-state index contributed by atoms with van der Waals surface area (Å²) in [7, 11) is 0. The van der Waals surface area contributed by atoms with E-state index in [9.17, 15) is 4.79 Å². The third-order valence-corrected chi connectivity index (χ3v) is 5.08. The minimum absolute atomic E-state index is 0.123. The van der Waals surface area contributed by atoms with Gasteiger partial charge in [-0.05, 0) is 42.7 Å². The first kappa shape index (κ1) is 13.9. The van der Waals surface area contributed by atoms with Gasteiger partial charge in [-0.1, -0.05) is 0 Å². The number of hydrogen-bond acceptors (Lipinski definition) is 5. The number of ether oxygens (including phenoxy) is 1. The number of morpholine rings is 1. The van der Waals surface area contributed by atoms with Crippen LogP contribution in [0.5, 0.6) is 0 Å². The van der Waals surface area contributed by atoms with E-state index in [1.54, 1.807) is 11.3 Å². The molecule has 1 saturated carbocycles. The van der Waals surface area contributed by atoms with Crippen molar-refractivity contribution in [1.29, 1.82) is 0 Å². The van der Waals surface area contributed by atoms with Crippen molar-refractivity contribution < 1.29 is 9.53 Å². The SMILES string of the molecule is Cc1nc([C@H]2CN(C(=O)c3sccc3C3CC3)CCO2)n[nH]1. The molecule has 1 amide bonds. The van der Waals surface area contributed by atoms with Crippen molar-refractivity contribution in [2.45, 2.75) is 31.8 Å². The summed E-state index contributed by atoms with van der Waals surface area (Å²) in [6.07, 6.45) is 2.17. The highest BCUT2D eigenvalue weighted by Crippen LogP contribution is 2.43. The predicted octanol–water partition coefficient (Wildman–Crippen LogP) is 2.27. The van der Waals surface area contributed by atoms with Crippen LogP contribution >= 0.6 is 11.3 Å². The number of hydrogen-bond donors (Lipinski definition) is 1. The Morgan fingerprint density at radius 3 is 3.09 bits per heavy atom. The molecule has 1 atom stereocenters. The van der Waals surface area contributed by atoms with Crippen LogP contribution in [0.2, 0.25) is 0 Å². The van der Waals surface area contributed by atoms with Gasteiger partial charge >= 0.3 is 0 Å². The number of nitrogens with zero attached hydrogens (tertiary/aromatic N) is 3. The number of aromatic amines is 1. The van der Waals surface area contributed by atoms with Crippen molar-refractivity contribution in [2.24, 2.45) is 0 Å². The molecule has 0 bridgehead atoms. The molecular formula is C15H18N4O2S. The molecule has 1 aliphatic carbocycles. The molecule has 0 aromatic carbocycles. The lowest BCUT2D eigenvalue weighted by atomic mass is 10.1. The fourth-order valence-corrected chi connectivity index (χ4v) is 3.80. The summed E-state index contributed by atoms with van der Waals surface area (Å²) < 4.78 is 5.73. The molecule has 116 valence electrons. The van der Waals surface area contributed by atoms with Crippen LogP contribution in [0.1, 0.15) is 51.7 Å². The van der Waals surface area contributed by atoms with Crippen LogP contribution < -0.4 is 0 Å². The van der Waals surface area contributed by atoms with Gasteiger partial charge in [0.25, 0.3) is 5.91 Å². The highest BCUT2D eigenvalue weighted by atomic mass is 32.1. The molecule has 1 saturated heterocycles. The number of H-pyrrole nitrogens is 1. The van der Waals surface area contributed by atoms with Gasteiger partial charge in [-0.25, -0.2) is 4.98 Å². The maximum absolute atomic E-state index is 12.8. The molecular weight excluding hydrogens is 300 g/mol. The summed E-state index contributed by atoms with van der Waals surface area (Å²) in [5.41, 5.74) is 1.23. The van der Waals surface area contributed by atoms with Gasteiger partial charge in [-0.3, -0.25) is 9.89 Å². The molecule has 3 heterocycles. The molecule has 1 N–H and O–H groups in total. The predicted molar refractivity (Wildman–Crippen MR) is 82.0 cm³/mol. The van der Waals surface area contributed by atoms with E-state index >= 15 is 0 Å².